The summed E-state index contributed by atoms with van der Waals surface area (Å²) in [5.41, 5.74) is 9.69. The van der Waals surface area contributed by atoms with Crippen molar-refractivity contribution in [2.45, 2.75) is 6.92 Å². The fourth-order valence-corrected chi connectivity index (χ4v) is 3.70. The van der Waals surface area contributed by atoms with Gasteiger partial charge in [-0.25, -0.2) is 4.98 Å². The molecule has 4 aromatic rings. The van der Waals surface area contributed by atoms with E-state index in [0.29, 0.717) is 6.54 Å². The molecule has 0 unspecified atom stereocenters. The molecule has 0 spiro atoms. The summed E-state index contributed by atoms with van der Waals surface area (Å²) < 4.78 is 0. The highest BCUT2D eigenvalue weighted by Crippen LogP contribution is 2.33. The Hall–Kier alpha value is -3.51. The van der Waals surface area contributed by atoms with Crippen molar-refractivity contribution in [1.82, 2.24) is 9.97 Å². The molecule has 6 heteroatoms. The SMILES string of the molecule is C=CCN(C=O)c1ccccc1.Cc1sc2nc(-c3cccnc3)ccc2c1N. The van der Waals surface area contributed by atoms with Gasteiger partial charge < -0.3 is 10.6 Å². The van der Waals surface area contributed by atoms with Crippen molar-refractivity contribution in [3.05, 3.63) is 84.5 Å². The van der Waals surface area contributed by atoms with E-state index in [1.54, 1.807) is 28.5 Å². The Kier molecular flexibility index (Phi) is 6.71. The number of rotatable bonds is 5. The average molecular weight is 403 g/mol. The summed E-state index contributed by atoms with van der Waals surface area (Å²) in [6.45, 7) is 6.14. The first kappa shape index (κ1) is 20.2. The largest absolute Gasteiger partial charge is 0.397 e. The lowest BCUT2D eigenvalue weighted by Crippen LogP contribution is -2.20. The number of nitrogens with zero attached hydrogens (tertiary/aromatic N) is 3. The molecule has 5 nitrogen and oxygen atoms in total. The third-order valence-corrected chi connectivity index (χ3v) is 5.31. The fraction of sp³-hybridized carbons (Fsp3) is 0.0870. The Bertz CT molecular complexity index is 1090. The van der Waals surface area contributed by atoms with Gasteiger partial charge in [0, 0.05) is 40.5 Å². The first-order chi connectivity index (χ1) is 14.1. The number of aryl methyl sites for hydroxylation is 1. The van der Waals surface area contributed by atoms with Gasteiger partial charge >= 0.3 is 0 Å². The monoisotopic (exact) mass is 402 g/mol. The van der Waals surface area contributed by atoms with Gasteiger partial charge in [-0.1, -0.05) is 24.3 Å². The van der Waals surface area contributed by atoms with E-state index in [1.165, 1.54) is 0 Å². The lowest BCUT2D eigenvalue weighted by molar-refractivity contribution is -0.107. The van der Waals surface area contributed by atoms with Crippen LogP contribution in [0.3, 0.4) is 0 Å². The van der Waals surface area contributed by atoms with E-state index in [2.05, 4.69) is 16.5 Å². The molecule has 0 bridgehead atoms. The number of thiophene rings is 1. The number of anilines is 2. The molecule has 0 radical (unpaired) electrons. The van der Waals surface area contributed by atoms with Gasteiger partial charge in [0.15, 0.2) is 0 Å². The second kappa shape index (κ2) is 9.61. The normalized spacial score (nSPS) is 10.1. The molecule has 4 rings (SSSR count). The Morgan fingerprint density at radius 3 is 2.59 bits per heavy atom. The molecule has 0 aliphatic carbocycles. The van der Waals surface area contributed by atoms with Crippen molar-refractivity contribution in [3.63, 3.8) is 0 Å². The highest BCUT2D eigenvalue weighted by molar-refractivity contribution is 7.19. The molecule has 0 saturated carbocycles. The summed E-state index contributed by atoms with van der Waals surface area (Å²) in [4.78, 5) is 23.0. The molecular formula is C23H22N4OS. The van der Waals surface area contributed by atoms with Gasteiger partial charge in [0.05, 0.1) is 11.4 Å². The number of carbonyl (C=O) groups excluding carboxylic acids is 1. The second-order valence-electron chi connectivity index (χ2n) is 6.24. The van der Waals surface area contributed by atoms with E-state index in [9.17, 15) is 4.79 Å². The number of para-hydroxylation sites is 1. The number of pyridine rings is 2. The van der Waals surface area contributed by atoms with Crippen LogP contribution in [-0.4, -0.2) is 22.9 Å². The van der Waals surface area contributed by atoms with Crippen LogP contribution in [0.15, 0.2) is 79.6 Å². The highest BCUT2D eigenvalue weighted by atomic mass is 32.1. The smallest absolute Gasteiger partial charge is 0.214 e. The third kappa shape index (κ3) is 4.86. The summed E-state index contributed by atoms with van der Waals surface area (Å²) in [5, 5.41) is 1.04. The van der Waals surface area contributed by atoms with Crippen LogP contribution in [0.5, 0.6) is 0 Å². The number of amides is 1. The summed E-state index contributed by atoms with van der Waals surface area (Å²) in [6.07, 6.45) is 6.08. The maximum Gasteiger partial charge on any atom is 0.214 e. The number of fused-ring (bicyclic) bond motifs is 1. The van der Waals surface area contributed by atoms with Crippen molar-refractivity contribution < 1.29 is 4.79 Å². The number of carbonyl (C=O) groups is 1. The molecule has 0 aliphatic heterocycles. The zero-order chi connectivity index (χ0) is 20.6. The van der Waals surface area contributed by atoms with Gasteiger partial charge in [0.2, 0.25) is 6.41 Å². The lowest BCUT2D eigenvalue weighted by Gasteiger charge is -2.14. The van der Waals surface area contributed by atoms with Crippen LogP contribution in [0.25, 0.3) is 21.5 Å². The predicted octanol–water partition coefficient (Wildman–Crippen LogP) is 5.08. The first-order valence-corrected chi connectivity index (χ1v) is 9.89. The van der Waals surface area contributed by atoms with Gasteiger partial charge in [-0.05, 0) is 43.3 Å². The first-order valence-electron chi connectivity index (χ1n) is 9.08. The van der Waals surface area contributed by atoms with Crippen molar-refractivity contribution in [2.24, 2.45) is 0 Å². The Balaban J connectivity index is 0.000000177. The quantitative estimate of drug-likeness (QED) is 0.373. The van der Waals surface area contributed by atoms with Crippen LogP contribution in [0.2, 0.25) is 0 Å². The minimum absolute atomic E-state index is 0.549. The molecule has 29 heavy (non-hydrogen) atoms. The van der Waals surface area contributed by atoms with Gasteiger partial charge in [-0.2, -0.15) is 0 Å². The summed E-state index contributed by atoms with van der Waals surface area (Å²) in [6, 6.07) is 17.4. The van der Waals surface area contributed by atoms with E-state index >= 15 is 0 Å². The van der Waals surface area contributed by atoms with E-state index in [4.69, 9.17) is 5.73 Å². The number of hydrogen-bond acceptors (Lipinski definition) is 5. The van der Waals surface area contributed by atoms with Crippen molar-refractivity contribution in [1.29, 1.82) is 0 Å². The number of nitrogen functional groups attached to an aromatic ring is 1. The van der Waals surface area contributed by atoms with E-state index in [-0.39, 0.29) is 0 Å². The molecule has 0 aliphatic rings. The number of benzene rings is 1. The fourth-order valence-electron chi connectivity index (χ4n) is 2.76. The molecule has 0 fully saturated rings. The number of nitrogens with two attached hydrogens (primary N) is 1. The second-order valence-corrected chi connectivity index (χ2v) is 7.45. The maximum atomic E-state index is 10.6. The van der Waals surface area contributed by atoms with Gasteiger partial charge in [-0.15, -0.1) is 17.9 Å². The highest BCUT2D eigenvalue weighted by Gasteiger charge is 2.08. The standard InChI is InChI=1S/C13H11N3S.C10H11NO/c1-8-12(14)10-4-5-11(16-13(10)17-8)9-3-2-6-15-7-9;1-2-8-11(9-12)10-6-4-3-5-7-10/h2-7H,14H2,1H3;2-7,9H,1,8H2. The van der Waals surface area contributed by atoms with Gasteiger partial charge in [-0.3, -0.25) is 9.78 Å². The van der Waals surface area contributed by atoms with Crippen molar-refractivity contribution in [3.8, 4) is 11.3 Å². The Morgan fingerprint density at radius 2 is 1.93 bits per heavy atom. The maximum absolute atomic E-state index is 10.6. The topological polar surface area (TPSA) is 72.1 Å². The van der Waals surface area contributed by atoms with E-state index < -0.39 is 0 Å². The van der Waals surface area contributed by atoms with Gasteiger partial charge in [0.1, 0.15) is 4.83 Å². The Labute approximate surface area is 174 Å². The number of hydrogen-bond donors (Lipinski definition) is 1. The lowest BCUT2D eigenvalue weighted by atomic mass is 10.2. The van der Waals surface area contributed by atoms with Crippen molar-refractivity contribution in [2.75, 3.05) is 17.2 Å². The zero-order valence-electron chi connectivity index (χ0n) is 16.2. The Morgan fingerprint density at radius 1 is 1.14 bits per heavy atom. The molecule has 1 aromatic carbocycles. The van der Waals surface area contributed by atoms with Crippen LogP contribution in [0.4, 0.5) is 11.4 Å². The van der Waals surface area contributed by atoms with E-state index in [0.717, 1.165) is 44.1 Å². The van der Waals surface area contributed by atoms with Gasteiger partial charge in [0.25, 0.3) is 0 Å². The predicted molar refractivity (Wildman–Crippen MR) is 122 cm³/mol. The molecule has 1 amide bonds. The van der Waals surface area contributed by atoms with Crippen molar-refractivity contribution >= 4 is 39.3 Å². The van der Waals surface area contributed by atoms with E-state index in [1.807, 2.05) is 67.7 Å². The zero-order valence-corrected chi connectivity index (χ0v) is 17.0. The van der Waals surface area contributed by atoms with Crippen LogP contribution in [0, 0.1) is 6.92 Å². The third-order valence-electron chi connectivity index (χ3n) is 4.28. The molecule has 146 valence electrons. The van der Waals surface area contributed by atoms with Crippen LogP contribution >= 0.6 is 11.3 Å². The minimum atomic E-state index is 0.549. The summed E-state index contributed by atoms with van der Waals surface area (Å²) in [5.74, 6) is 0. The molecular weight excluding hydrogens is 380 g/mol. The molecule has 2 N–H and O–H groups in total. The summed E-state index contributed by atoms with van der Waals surface area (Å²) in [7, 11) is 0. The molecule has 3 aromatic heterocycles. The molecule has 0 saturated heterocycles. The summed E-state index contributed by atoms with van der Waals surface area (Å²) >= 11 is 1.63. The number of aromatic nitrogens is 2. The van der Waals surface area contributed by atoms with Crippen LogP contribution < -0.4 is 10.6 Å². The van der Waals surface area contributed by atoms with Crippen LogP contribution in [-0.2, 0) is 4.79 Å². The van der Waals surface area contributed by atoms with Crippen LogP contribution in [0.1, 0.15) is 4.88 Å². The molecule has 0 atom stereocenters. The molecule has 3 heterocycles. The minimum Gasteiger partial charge on any atom is -0.397 e. The average Bonchev–Trinajstić information content (AvgIpc) is 3.06.